The van der Waals surface area contributed by atoms with Gasteiger partial charge in [-0.05, 0) is 26.9 Å². The number of likely N-dealkylation sites (N-methyl/N-ethyl adjacent to an activating group) is 1. The molecule has 1 fully saturated rings. The minimum atomic E-state index is 1.14. The zero-order chi connectivity index (χ0) is 8.27. The Morgan fingerprint density at radius 1 is 1.18 bits per heavy atom. The lowest BCUT2D eigenvalue weighted by atomic mass is 10.3. The highest BCUT2D eigenvalue weighted by molar-refractivity contribution is 4.89. The molecule has 0 saturated carbocycles. The van der Waals surface area contributed by atoms with Gasteiger partial charge in [0.15, 0.2) is 0 Å². The maximum atomic E-state index is 3.95. The van der Waals surface area contributed by atoms with Crippen molar-refractivity contribution in [1.29, 1.82) is 0 Å². The molecule has 1 saturated heterocycles. The summed E-state index contributed by atoms with van der Waals surface area (Å²) in [6, 6.07) is 0. The molecule has 11 heavy (non-hydrogen) atoms. The number of hydrogen-bond donors (Lipinski definition) is 0. The third-order valence-electron chi connectivity index (χ3n) is 2.26. The topological polar surface area (TPSA) is 6.48 Å². The Morgan fingerprint density at radius 3 is 2.55 bits per heavy atom. The standard InChI is InChI=1S/C9H18N2/c1-9(2)11-6-4-5-10(3)7-8-11/h1,4-8H2,2-3H3. The van der Waals surface area contributed by atoms with Crippen molar-refractivity contribution in [3.8, 4) is 0 Å². The number of hydrogen-bond acceptors (Lipinski definition) is 2. The van der Waals surface area contributed by atoms with Gasteiger partial charge in [-0.15, -0.1) is 0 Å². The molecular formula is C9H18N2. The average Bonchev–Trinajstić information content (AvgIpc) is 2.13. The van der Waals surface area contributed by atoms with Crippen LogP contribution < -0.4 is 0 Å². The van der Waals surface area contributed by atoms with Gasteiger partial charge >= 0.3 is 0 Å². The smallest absolute Gasteiger partial charge is 0.0302 e. The van der Waals surface area contributed by atoms with Gasteiger partial charge in [0.2, 0.25) is 0 Å². The van der Waals surface area contributed by atoms with Crippen molar-refractivity contribution < 1.29 is 0 Å². The summed E-state index contributed by atoms with van der Waals surface area (Å²) in [6.45, 7) is 10.8. The molecule has 0 aliphatic carbocycles. The molecule has 0 amide bonds. The molecule has 0 aromatic rings. The Hall–Kier alpha value is -0.500. The van der Waals surface area contributed by atoms with Gasteiger partial charge in [-0.1, -0.05) is 6.58 Å². The lowest BCUT2D eigenvalue weighted by Crippen LogP contribution is -2.27. The van der Waals surface area contributed by atoms with Crippen LogP contribution >= 0.6 is 0 Å². The molecule has 0 unspecified atom stereocenters. The molecular weight excluding hydrogens is 136 g/mol. The highest BCUT2D eigenvalue weighted by Crippen LogP contribution is 2.05. The largest absolute Gasteiger partial charge is 0.374 e. The quantitative estimate of drug-likeness (QED) is 0.559. The first-order valence-electron chi connectivity index (χ1n) is 4.29. The van der Waals surface area contributed by atoms with E-state index < -0.39 is 0 Å². The first-order chi connectivity index (χ1) is 5.20. The van der Waals surface area contributed by atoms with E-state index in [-0.39, 0.29) is 0 Å². The van der Waals surface area contributed by atoms with Crippen LogP contribution in [0.3, 0.4) is 0 Å². The van der Waals surface area contributed by atoms with Crippen LogP contribution in [0.1, 0.15) is 13.3 Å². The van der Waals surface area contributed by atoms with Gasteiger partial charge in [0.25, 0.3) is 0 Å². The normalized spacial score (nSPS) is 21.5. The Balaban J connectivity index is 2.40. The summed E-state index contributed by atoms with van der Waals surface area (Å²) >= 11 is 0. The number of nitrogens with zero attached hydrogens (tertiary/aromatic N) is 2. The second kappa shape index (κ2) is 3.77. The van der Waals surface area contributed by atoms with E-state index in [0.717, 1.165) is 6.54 Å². The lowest BCUT2D eigenvalue weighted by Gasteiger charge is -2.22. The summed E-state index contributed by atoms with van der Waals surface area (Å²) in [4.78, 5) is 4.74. The fraction of sp³-hybridized carbons (Fsp3) is 0.778. The Morgan fingerprint density at radius 2 is 1.91 bits per heavy atom. The van der Waals surface area contributed by atoms with Gasteiger partial charge in [-0.2, -0.15) is 0 Å². The molecule has 0 radical (unpaired) electrons. The Kier molecular flexibility index (Phi) is 2.94. The third-order valence-corrected chi connectivity index (χ3v) is 2.26. The van der Waals surface area contributed by atoms with E-state index in [1.54, 1.807) is 0 Å². The van der Waals surface area contributed by atoms with Crippen molar-refractivity contribution in [1.82, 2.24) is 9.80 Å². The second-order valence-corrected chi connectivity index (χ2v) is 3.38. The Bertz CT molecular complexity index is 142. The lowest BCUT2D eigenvalue weighted by molar-refractivity contribution is 0.326. The first kappa shape index (κ1) is 8.60. The number of allylic oxidation sites excluding steroid dienone is 1. The van der Waals surface area contributed by atoms with Crippen LogP contribution in [0.4, 0.5) is 0 Å². The summed E-state index contributed by atoms with van der Waals surface area (Å²) < 4.78 is 0. The minimum absolute atomic E-state index is 1.14. The summed E-state index contributed by atoms with van der Waals surface area (Å²) in [7, 11) is 2.18. The molecule has 0 bridgehead atoms. The number of rotatable bonds is 1. The van der Waals surface area contributed by atoms with Gasteiger partial charge in [-0.3, -0.25) is 0 Å². The van der Waals surface area contributed by atoms with Crippen molar-refractivity contribution in [2.75, 3.05) is 33.2 Å². The average molecular weight is 154 g/mol. The van der Waals surface area contributed by atoms with E-state index in [0.29, 0.717) is 0 Å². The van der Waals surface area contributed by atoms with E-state index in [1.165, 1.54) is 31.8 Å². The maximum absolute atomic E-state index is 3.95. The van der Waals surface area contributed by atoms with Crippen molar-refractivity contribution in [3.05, 3.63) is 12.3 Å². The van der Waals surface area contributed by atoms with Crippen LogP contribution in [-0.2, 0) is 0 Å². The van der Waals surface area contributed by atoms with Crippen LogP contribution in [0.15, 0.2) is 12.3 Å². The molecule has 0 aromatic carbocycles. The molecule has 1 aliphatic rings. The second-order valence-electron chi connectivity index (χ2n) is 3.38. The van der Waals surface area contributed by atoms with E-state index in [2.05, 4.69) is 30.4 Å². The van der Waals surface area contributed by atoms with E-state index >= 15 is 0 Å². The fourth-order valence-corrected chi connectivity index (χ4v) is 1.43. The molecule has 1 rings (SSSR count). The highest BCUT2D eigenvalue weighted by atomic mass is 15.2. The monoisotopic (exact) mass is 154 g/mol. The molecule has 2 nitrogen and oxygen atoms in total. The van der Waals surface area contributed by atoms with Gasteiger partial charge in [-0.25, -0.2) is 0 Å². The molecule has 0 atom stereocenters. The molecule has 64 valence electrons. The SMILES string of the molecule is C=C(C)N1CCCN(C)CC1. The zero-order valence-electron chi connectivity index (χ0n) is 7.64. The fourth-order valence-electron chi connectivity index (χ4n) is 1.43. The van der Waals surface area contributed by atoms with Crippen LogP contribution in [0.2, 0.25) is 0 Å². The Labute approximate surface area is 69.5 Å². The van der Waals surface area contributed by atoms with Crippen LogP contribution in [0, 0.1) is 0 Å². The van der Waals surface area contributed by atoms with Gasteiger partial charge in [0, 0.05) is 25.3 Å². The summed E-state index contributed by atoms with van der Waals surface area (Å²) in [5.41, 5.74) is 1.21. The minimum Gasteiger partial charge on any atom is -0.374 e. The third kappa shape index (κ3) is 2.54. The van der Waals surface area contributed by atoms with Crippen molar-refractivity contribution in [2.24, 2.45) is 0 Å². The van der Waals surface area contributed by atoms with Crippen LogP contribution in [-0.4, -0.2) is 43.0 Å². The van der Waals surface area contributed by atoms with Crippen molar-refractivity contribution in [3.63, 3.8) is 0 Å². The molecule has 0 spiro atoms. The molecule has 1 aliphatic heterocycles. The summed E-state index contributed by atoms with van der Waals surface area (Å²) in [5.74, 6) is 0. The summed E-state index contributed by atoms with van der Waals surface area (Å²) in [6.07, 6.45) is 1.27. The van der Waals surface area contributed by atoms with E-state index in [4.69, 9.17) is 0 Å². The highest BCUT2D eigenvalue weighted by Gasteiger charge is 2.10. The molecule has 2 heteroatoms. The predicted molar refractivity (Wildman–Crippen MR) is 48.5 cm³/mol. The maximum Gasteiger partial charge on any atom is 0.0302 e. The van der Waals surface area contributed by atoms with E-state index in [1.807, 2.05) is 0 Å². The van der Waals surface area contributed by atoms with Crippen molar-refractivity contribution in [2.45, 2.75) is 13.3 Å². The molecule has 1 heterocycles. The van der Waals surface area contributed by atoms with Crippen molar-refractivity contribution >= 4 is 0 Å². The van der Waals surface area contributed by atoms with Gasteiger partial charge in [0.05, 0.1) is 0 Å². The van der Waals surface area contributed by atoms with Crippen LogP contribution in [0.25, 0.3) is 0 Å². The van der Waals surface area contributed by atoms with Crippen LogP contribution in [0.5, 0.6) is 0 Å². The molecule has 0 aromatic heterocycles. The first-order valence-corrected chi connectivity index (χ1v) is 4.29. The van der Waals surface area contributed by atoms with Gasteiger partial charge < -0.3 is 9.80 Å². The molecule has 0 N–H and O–H groups in total. The van der Waals surface area contributed by atoms with Gasteiger partial charge in [0.1, 0.15) is 0 Å². The predicted octanol–water partition coefficient (Wildman–Crippen LogP) is 1.16. The summed E-state index contributed by atoms with van der Waals surface area (Å²) in [5, 5.41) is 0. The van der Waals surface area contributed by atoms with E-state index in [9.17, 15) is 0 Å². The zero-order valence-corrected chi connectivity index (χ0v) is 7.64.